The van der Waals surface area contributed by atoms with Gasteiger partial charge in [-0.05, 0) is 36.0 Å². The summed E-state index contributed by atoms with van der Waals surface area (Å²) in [6.45, 7) is 14.4. The number of halogens is 3. The van der Waals surface area contributed by atoms with Crippen LogP contribution >= 0.6 is 46.1 Å². The number of amides is 5. The van der Waals surface area contributed by atoms with E-state index in [1.54, 1.807) is 17.4 Å². The second-order valence-electron chi connectivity index (χ2n) is 19.6. The van der Waals surface area contributed by atoms with Crippen molar-refractivity contribution in [1.29, 1.82) is 0 Å². The molecule has 0 radical (unpaired) electrons. The predicted octanol–water partition coefficient (Wildman–Crippen LogP) is 3.99. The van der Waals surface area contributed by atoms with Crippen molar-refractivity contribution in [2.24, 2.45) is 5.41 Å². The first-order valence-electron chi connectivity index (χ1n) is 27.5. The number of aryl methyl sites for hydroxylation is 1. The van der Waals surface area contributed by atoms with Gasteiger partial charge in [-0.3, -0.25) is 24.5 Å². The Kier molecular flexibility index (Phi) is 34.7. The maximum Gasteiger partial charge on any atom is 0.408 e. The van der Waals surface area contributed by atoms with E-state index in [4.69, 9.17) is 82.2 Å². The van der Waals surface area contributed by atoms with E-state index in [9.17, 15) is 29.1 Å². The molecule has 0 saturated carbocycles. The van der Waals surface area contributed by atoms with E-state index in [0.717, 1.165) is 21.7 Å². The Hall–Kier alpha value is -4.65. The highest BCUT2D eigenvalue weighted by Gasteiger charge is 2.44. The molecular formula is C54H82Cl3N9O16S. The second kappa shape index (κ2) is 40.6. The first-order chi connectivity index (χ1) is 39.9. The molecule has 1 unspecified atom stereocenters. The lowest BCUT2D eigenvalue weighted by Crippen LogP contribution is -2.57. The average molecular weight is 1250 g/mol. The summed E-state index contributed by atoms with van der Waals surface area (Å²) in [5, 5.41) is 24.1. The molecule has 1 fully saturated rings. The summed E-state index contributed by atoms with van der Waals surface area (Å²) in [6, 6.07) is 7.64. The highest BCUT2D eigenvalue weighted by Crippen LogP contribution is 2.31. The summed E-state index contributed by atoms with van der Waals surface area (Å²) < 4.78 is 52.8. The maximum absolute atomic E-state index is 13.9. The van der Waals surface area contributed by atoms with Crippen molar-refractivity contribution in [2.45, 2.75) is 88.1 Å². The number of carbonyl (C=O) groups excluding carboxylic acids is 5. The fourth-order valence-electron chi connectivity index (χ4n) is 7.62. The molecule has 0 aliphatic carbocycles. The standard InChI is InChI=1S/C54H82Cl3N9O16S/c1-39-46(83-38-62-39)41-9-7-40(8-10-41)36-61-48(70)43-35-42(67)37-66(43)49(71)47(53(2,3)4)63-45(69)12-18-74-20-22-76-24-26-78-28-30-80-32-34-81-33-31-79-29-27-77-25-23-75-21-19-73-17-11-44(68)58-15-6-16-82-52(72)65-50(54(55,56)57)64-51-59-13-5-14-60-51/h5,7-10,13-14,38,42-43,47,50,67H,6,11-12,15-37H2,1-4H3,(H,58,68)(H,61,70)(H,63,69)(H,65,72)(H,59,60,64)/t42-,43+,47-,50?/m1/s1. The first kappa shape index (κ1) is 70.8. The molecule has 25 nitrogen and oxygen atoms in total. The normalized spacial score (nSPS) is 15.2. The van der Waals surface area contributed by atoms with Gasteiger partial charge in [0.15, 0.2) is 6.17 Å². The summed E-state index contributed by atoms with van der Waals surface area (Å²) in [5.74, 6) is -1.24. The molecule has 1 aliphatic heterocycles. The zero-order valence-electron chi connectivity index (χ0n) is 47.7. The van der Waals surface area contributed by atoms with Gasteiger partial charge in [-0.15, -0.1) is 11.3 Å². The largest absolute Gasteiger partial charge is 0.449 e. The number of hydrogen-bond acceptors (Lipinski definition) is 21. The van der Waals surface area contributed by atoms with Crippen LogP contribution in [0.5, 0.6) is 0 Å². The van der Waals surface area contributed by atoms with Crippen LogP contribution in [-0.2, 0) is 73.1 Å². The van der Waals surface area contributed by atoms with Gasteiger partial charge in [0.05, 0.1) is 148 Å². The number of aliphatic hydroxyl groups excluding tert-OH is 1. The lowest BCUT2D eigenvalue weighted by molar-refractivity contribution is -0.144. The zero-order valence-corrected chi connectivity index (χ0v) is 50.8. The van der Waals surface area contributed by atoms with E-state index < -0.39 is 45.6 Å². The molecule has 1 aliphatic rings. The monoisotopic (exact) mass is 1250 g/mol. The molecule has 29 heteroatoms. The molecule has 6 N–H and O–H groups in total. The van der Waals surface area contributed by atoms with Gasteiger partial charge in [0.1, 0.15) is 12.1 Å². The topological polar surface area (TPSA) is 300 Å². The first-order valence-corrected chi connectivity index (χ1v) is 29.5. The number of ether oxygens (including phenoxy) is 10. The number of nitrogens with one attached hydrogen (secondary N) is 5. The summed E-state index contributed by atoms with van der Waals surface area (Å²) in [5.41, 5.74) is 4.02. The molecule has 4 atom stereocenters. The summed E-state index contributed by atoms with van der Waals surface area (Å²) >= 11 is 19.4. The number of alkyl carbamates (subject to hydrolysis) is 1. The minimum Gasteiger partial charge on any atom is -0.449 e. The molecule has 2 aromatic heterocycles. The van der Waals surface area contributed by atoms with E-state index in [0.29, 0.717) is 106 Å². The van der Waals surface area contributed by atoms with E-state index in [1.807, 2.05) is 57.5 Å². The molecule has 5 amide bonds. The van der Waals surface area contributed by atoms with Crippen molar-refractivity contribution in [2.75, 3.05) is 144 Å². The smallest absolute Gasteiger partial charge is 0.408 e. The zero-order chi connectivity index (χ0) is 60.1. The molecular weight excluding hydrogens is 1170 g/mol. The van der Waals surface area contributed by atoms with Crippen LogP contribution in [0.15, 0.2) is 48.2 Å². The average Bonchev–Trinajstić information content (AvgIpc) is 4.22. The van der Waals surface area contributed by atoms with Gasteiger partial charge >= 0.3 is 6.09 Å². The molecule has 1 saturated heterocycles. The van der Waals surface area contributed by atoms with Crippen molar-refractivity contribution in [3.63, 3.8) is 0 Å². The number of hydrogen-bond donors (Lipinski definition) is 6. The number of likely N-dealkylation sites (tertiary alicyclic amines) is 1. The van der Waals surface area contributed by atoms with Gasteiger partial charge in [0.2, 0.25) is 33.4 Å². The Morgan fingerprint density at radius 2 is 1.17 bits per heavy atom. The number of β-amino-alcohol motifs (C(OH)–C–C–N with tert-alkyl or cyclic N) is 1. The third-order valence-electron chi connectivity index (χ3n) is 11.9. The van der Waals surface area contributed by atoms with Crippen LogP contribution in [0.4, 0.5) is 10.7 Å². The highest BCUT2D eigenvalue weighted by molar-refractivity contribution is 7.13. The van der Waals surface area contributed by atoms with Crippen LogP contribution in [-0.4, -0.2) is 221 Å². The molecule has 83 heavy (non-hydrogen) atoms. The Morgan fingerprint density at radius 3 is 1.64 bits per heavy atom. The summed E-state index contributed by atoms with van der Waals surface area (Å²) in [4.78, 5) is 79.3. The Bertz CT molecular complexity index is 2310. The van der Waals surface area contributed by atoms with Crippen LogP contribution in [0.2, 0.25) is 0 Å². The van der Waals surface area contributed by atoms with E-state index in [1.165, 1.54) is 17.3 Å². The van der Waals surface area contributed by atoms with Crippen molar-refractivity contribution in [1.82, 2.24) is 41.1 Å². The van der Waals surface area contributed by atoms with Crippen molar-refractivity contribution < 1.29 is 76.4 Å². The van der Waals surface area contributed by atoms with Crippen LogP contribution in [0.25, 0.3) is 10.4 Å². The fourth-order valence-corrected chi connectivity index (χ4v) is 8.76. The number of alkyl halides is 3. The van der Waals surface area contributed by atoms with Gasteiger partial charge in [-0.25, -0.2) is 19.7 Å². The number of rotatable bonds is 43. The third-order valence-corrected chi connectivity index (χ3v) is 13.6. The predicted molar refractivity (Wildman–Crippen MR) is 310 cm³/mol. The number of nitrogens with zero attached hydrogens (tertiary/aromatic N) is 4. The van der Waals surface area contributed by atoms with Crippen LogP contribution in [0.1, 0.15) is 57.7 Å². The molecule has 3 heterocycles. The van der Waals surface area contributed by atoms with Crippen LogP contribution in [0.3, 0.4) is 0 Å². The Labute approximate surface area is 504 Å². The van der Waals surface area contributed by atoms with Crippen molar-refractivity contribution in [3.05, 3.63) is 59.5 Å². The lowest BCUT2D eigenvalue weighted by atomic mass is 9.85. The molecule has 4 rings (SSSR count). The highest BCUT2D eigenvalue weighted by atomic mass is 35.6. The van der Waals surface area contributed by atoms with Gasteiger partial charge < -0.3 is 78.6 Å². The van der Waals surface area contributed by atoms with Gasteiger partial charge in [-0.1, -0.05) is 79.8 Å². The molecule has 1 aromatic carbocycles. The van der Waals surface area contributed by atoms with Crippen molar-refractivity contribution in [3.8, 4) is 10.4 Å². The number of carbonyl (C=O) groups is 5. The number of aromatic nitrogens is 3. The maximum atomic E-state index is 13.9. The molecule has 466 valence electrons. The Balaban J connectivity index is 0.859. The molecule has 0 spiro atoms. The number of thiazole rings is 1. The van der Waals surface area contributed by atoms with E-state index >= 15 is 0 Å². The lowest BCUT2D eigenvalue weighted by Gasteiger charge is -2.35. The summed E-state index contributed by atoms with van der Waals surface area (Å²) in [7, 11) is 0. The minimum absolute atomic E-state index is 0.0122. The summed E-state index contributed by atoms with van der Waals surface area (Å²) in [6.07, 6.45) is 0.727. The van der Waals surface area contributed by atoms with Gasteiger partial charge in [0, 0.05) is 51.3 Å². The molecule has 0 bridgehead atoms. The Morgan fingerprint density at radius 1 is 0.675 bits per heavy atom. The quantitative estimate of drug-likeness (QED) is 0.0265. The molecule has 3 aromatic rings. The van der Waals surface area contributed by atoms with E-state index in [2.05, 4.69) is 41.5 Å². The van der Waals surface area contributed by atoms with Gasteiger partial charge in [0.25, 0.3) is 0 Å². The second-order valence-corrected chi connectivity index (χ2v) is 22.9. The third kappa shape index (κ3) is 30.3. The van der Waals surface area contributed by atoms with Gasteiger partial charge in [-0.2, -0.15) is 0 Å². The van der Waals surface area contributed by atoms with E-state index in [-0.39, 0.29) is 89.0 Å². The SMILES string of the molecule is Cc1ncsc1-c1ccc(CNC(=O)[C@@H]2C[C@@H](O)CN2C(=O)[C@@H](NC(=O)CCOCCOCCOCCOCCOCCOCCOCCOCCOCCC(=O)NCCCOC(=O)NC(Nc2ncccn2)C(Cl)(Cl)Cl)C(C)(C)C)cc1. The van der Waals surface area contributed by atoms with Crippen molar-refractivity contribution >= 4 is 81.8 Å². The van der Waals surface area contributed by atoms with Crippen LogP contribution < -0.4 is 26.6 Å². The number of benzene rings is 1. The van der Waals surface area contributed by atoms with Crippen LogP contribution in [0, 0.1) is 12.3 Å². The fraction of sp³-hybridized carbons (Fsp3) is 0.667. The minimum atomic E-state index is -1.92. The number of anilines is 1. The number of aliphatic hydroxyl groups is 1.